The van der Waals surface area contributed by atoms with Crippen LogP contribution in [0.1, 0.15) is 17.7 Å². The predicted octanol–water partition coefficient (Wildman–Crippen LogP) is 1.96. The fraction of sp³-hybridized carbons (Fsp3) is 0.389. The van der Waals surface area contributed by atoms with E-state index in [0.717, 1.165) is 18.6 Å². The molecule has 13 heteroatoms. The highest BCUT2D eigenvalue weighted by Gasteiger charge is 2.35. The normalized spacial score (nSPS) is 20.4. The van der Waals surface area contributed by atoms with Crippen LogP contribution < -0.4 is 11.2 Å². The molecule has 3 heterocycles. The highest BCUT2D eigenvalue weighted by Crippen LogP contribution is 2.34. The molecule has 0 spiro atoms. The summed E-state index contributed by atoms with van der Waals surface area (Å²) in [5.74, 6) is 0.306. The number of aromatic nitrogens is 3. The summed E-state index contributed by atoms with van der Waals surface area (Å²) in [6, 6.07) is 4.95. The van der Waals surface area contributed by atoms with E-state index in [0.29, 0.717) is 36.7 Å². The van der Waals surface area contributed by atoms with Gasteiger partial charge in [0.05, 0.1) is 28.9 Å². The van der Waals surface area contributed by atoms with E-state index in [1.807, 2.05) is 0 Å². The summed E-state index contributed by atoms with van der Waals surface area (Å²) >= 11 is 1.15. The van der Waals surface area contributed by atoms with Gasteiger partial charge in [-0.25, -0.2) is 9.36 Å². The maximum atomic E-state index is 13.1. The average Bonchev–Trinajstić information content (AvgIpc) is 3.29. The third-order valence-electron chi connectivity index (χ3n) is 4.74. The topological polar surface area (TPSA) is 92.4 Å². The quantitative estimate of drug-likeness (QED) is 0.573. The van der Waals surface area contributed by atoms with Gasteiger partial charge in [0.1, 0.15) is 11.4 Å². The van der Waals surface area contributed by atoms with Crippen molar-refractivity contribution in [1.29, 1.82) is 0 Å². The lowest BCUT2D eigenvalue weighted by atomic mass is 10.2. The molecular formula is C18H16F3N3O5S2. The molecule has 1 aliphatic heterocycles. The van der Waals surface area contributed by atoms with E-state index in [1.165, 1.54) is 12.1 Å². The van der Waals surface area contributed by atoms with Crippen molar-refractivity contribution in [3.05, 3.63) is 56.5 Å². The lowest BCUT2D eigenvalue weighted by molar-refractivity contribution is -0.144. The molecule has 0 radical (unpaired) electrons. The Kier molecular flexibility index (Phi) is 5.62. The molecule has 4 rings (SSSR count). The standard InChI is InChI=1S/C18H16F3N3O5S2/c1-23-13(18(19,20)21)6-14(25)24(17(23)26)9-3-4-12-11(5-9)15(22-30-12)16-28-7-10(29-16)8-31(2)27/h3-6,10,16H,7-8H2,1-2H3. The number of rotatable bonds is 4. The number of hydrogen-bond donors (Lipinski definition) is 0. The van der Waals surface area contributed by atoms with Gasteiger partial charge in [-0.3, -0.25) is 13.6 Å². The number of hydrogen-bond acceptors (Lipinski definition) is 7. The third kappa shape index (κ3) is 4.10. The molecule has 0 amide bonds. The van der Waals surface area contributed by atoms with Crippen LogP contribution in [-0.4, -0.2) is 42.4 Å². The molecule has 1 aromatic carbocycles. The number of halogens is 3. The summed E-state index contributed by atoms with van der Waals surface area (Å²) in [5.41, 5.74) is -3.04. The first-order valence-electron chi connectivity index (χ1n) is 8.93. The number of fused-ring (bicyclic) bond motifs is 1. The molecule has 0 aliphatic carbocycles. The Balaban J connectivity index is 1.77. The maximum Gasteiger partial charge on any atom is 0.431 e. The second-order valence-corrected chi connectivity index (χ2v) is 9.24. The van der Waals surface area contributed by atoms with Crippen LogP contribution in [0.5, 0.6) is 0 Å². The molecule has 166 valence electrons. The molecular weight excluding hydrogens is 459 g/mol. The zero-order chi connectivity index (χ0) is 22.5. The van der Waals surface area contributed by atoms with Gasteiger partial charge in [0.2, 0.25) is 6.29 Å². The summed E-state index contributed by atoms with van der Waals surface area (Å²) in [5, 5.41) is 0.541. The van der Waals surface area contributed by atoms with Gasteiger partial charge in [-0.05, 0) is 29.7 Å². The number of nitrogens with zero attached hydrogens (tertiary/aromatic N) is 3. The maximum absolute atomic E-state index is 13.1. The molecule has 31 heavy (non-hydrogen) atoms. The molecule has 3 aromatic rings. The third-order valence-corrected chi connectivity index (χ3v) is 6.43. The molecule has 1 aliphatic rings. The average molecular weight is 475 g/mol. The molecule has 3 atom stereocenters. The van der Waals surface area contributed by atoms with Gasteiger partial charge in [-0.1, -0.05) is 0 Å². The summed E-state index contributed by atoms with van der Waals surface area (Å²) in [4.78, 5) is 24.9. The Bertz CT molecular complexity index is 1300. The van der Waals surface area contributed by atoms with Gasteiger partial charge >= 0.3 is 11.9 Å². The Morgan fingerprint density at radius 1 is 1.29 bits per heavy atom. The first-order chi connectivity index (χ1) is 14.6. The molecule has 0 bridgehead atoms. The first kappa shape index (κ1) is 21.9. The zero-order valence-electron chi connectivity index (χ0n) is 16.2. The SMILES string of the molecule is Cn1c(C(F)(F)F)cc(=O)n(-c2ccc3snc(C4OCC(CS(C)=O)O4)c3c2)c1=O. The molecule has 0 N–H and O–H groups in total. The number of benzene rings is 1. The minimum atomic E-state index is -4.84. The van der Waals surface area contributed by atoms with E-state index < -0.39 is 40.2 Å². The lowest BCUT2D eigenvalue weighted by Gasteiger charge is -2.14. The minimum Gasteiger partial charge on any atom is -0.344 e. The van der Waals surface area contributed by atoms with Crippen molar-refractivity contribution in [3.63, 3.8) is 0 Å². The van der Waals surface area contributed by atoms with Crippen LogP contribution in [0.2, 0.25) is 0 Å². The van der Waals surface area contributed by atoms with Crippen LogP contribution in [0.3, 0.4) is 0 Å². The Morgan fingerprint density at radius 3 is 2.71 bits per heavy atom. The Labute approximate surface area is 179 Å². The van der Waals surface area contributed by atoms with Crippen molar-refractivity contribution >= 4 is 32.4 Å². The summed E-state index contributed by atoms with van der Waals surface area (Å²) in [6.07, 6.45) is -4.45. The Hall–Kier alpha value is -2.35. The number of alkyl halides is 3. The first-order valence-corrected chi connectivity index (χ1v) is 11.4. The fourth-order valence-corrected chi connectivity index (χ4v) is 4.80. The second kappa shape index (κ2) is 7.97. The van der Waals surface area contributed by atoms with Gasteiger partial charge in [0, 0.05) is 35.6 Å². The molecule has 1 fully saturated rings. The van der Waals surface area contributed by atoms with E-state index in [1.54, 1.807) is 12.3 Å². The van der Waals surface area contributed by atoms with E-state index in [-0.39, 0.29) is 18.4 Å². The van der Waals surface area contributed by atoms with Crippen molar-refractivity contribution in [3.8, 4) is 5.69 Å². The van der Waals surface area contributed by atoms with Gasteiger partial charge in [0.25, 0.3) is 5.56 Å². The largest absolute Gasteiger partial charge is 0.431 e. The molecule has 2 aromatic heterocycles. The highest BCUT2D eigenvalue weighted by molar-refractivity contribution is 7.84. The van der Waals surface area contributed by atoms with Crippen LogP contribution in [0.4, 0.5) is 13.2 Å². The van der Waals surface area contributed by atoms with Gasteiger partial charge in [-0.2, -0.15) is 17.5 Å². The molecule has 1 saturated heterocycles. The van der Waals surface area contributed by atoms with Gasteiger partial charge in [-0.15, -0.1) is 0 Å². The van der Waals surface area contributed by atoms with Crippen LogP contribution in [0, 0.1) is 0 Å². The molecule has 3 unspecified atom stereocenters. The van der Waals surface area contributed by atoms with Crippen LogP contribution in [0.25, 0.3) is 15.8 Å². The van der Waals surface area contributed by atoms with Crippen molar-refractivity contribution < 1.29 is 26.9 Å². The predicted molar refractivity (Wildman–Crippen MR) is 108 cm³/mol. The Morgan fingerprint density at radius 2 is 2.03 bits per heavy atom. The van der Waals surface area contributed by atoms with E-state index in [2.05, 4.69) is 4.37 Å². The monoisotopic (exact) mass is 475 g/mol. The lowest BCUT2D eigenvalue weighted by Crippen LogP contribution is -2.40. The summed E-state index contributed by atoms with van der Waals surface area (Å²) < 4.78 is 68.1. The second-order valence-electron chi connectivity index (χ2n) is 6.95. The minimum absolute atomic E-state index is 0.0949. The van der Waals surface area contributed by atoms with E-state index >= 15 is 0 Å². The van der Waals surface area contributed by atoms with Crippen LogP contribution >= 0.6 is 11.5 Å². The van der Waals surface area contributed by atoms with Crippen molar-refractivity contribution in [2.45, 2.75) is 18.6 Å². The molecule has 0 saturated carbocycles. The highest BCUT2D eigenvalue weighted by atomic mass is 32.2. The zero-order valence-corrected chi connectivity index (χ0v) is 17.8. The van der Waals surface area contributed by atoms with Crippen molar-refractivity contribution in [1.82, 2.24) is 13.5 Å². The van der Waals surface area contributed by atoms with E-state index in [9.17, 15) is 27.0 Å². The molecule has 8 nitrogen and oxygen atoms in total. The number of ether oxygens (including phenoxy) is 2. The summed E-state index contributed by atoms with van der Waals surface area (Å²) in [7, 11) is -0.113. The van der Waals surface area contributed by atoms with Crippen molar-refractivity contribution in [2.24, 2.45) is 7.05 Å². The van der Waals surface area contributed by atoms with E-state index in [4.69, 9.17) is 9.47 Å². The smallest absolute Gasteiger partial charge is 0.344 e. The van der Waals surface area contributed by atoms with Crippen molar-refractivity contribution in [2.75, 3.05) is 18.6 Å². The van der Waals surface area contributed by atoms with Gasteiger partial charge < -0.3 is 9.47 Å². The fourth-order valence-electron chi connectivity index (χ4n) is 3.33. The van der Waals surface area contributed by atoms with Crippen LogP contribution in [-0.2, 0) is 33.5 Å². The van der Waals surface area contributed by atoms with Crippen LogP contribution in [0.15, 0.2) is 33.9 Å². The summed E-state index contributed by atoms with van der Waals surface area (Å²) in [6.45, 7) is 0.238. The van der Waals surface area contributed by atoms with Gasteiger partial charge in [0.15, 0.2) is 0 Å².